The molecule has 2 nitrogen and oxygen atoms in total. The Morgan fingerprint density at radius 1 is 0.392 bits per heavy atom. The summed E-state index contributed by atoms with van der Waals surface area (Å²) in [5, 5.41) is 0. The van der Waals surface area contributed by atoms with Gasteiger partial charge in [0.1, 0.15) is 0 Å². The molecule has 7 rings (SSSR count). The number of rotatable bonds is 12. The van der Waals surface area contributed by atoms with Crippen molar-refractivity contribution in [3.05, 3.63) is 216 Å². The molecule has 0 aliphatic rings. The fourth-order valence-electron chi connectivity index (χ4n) is 6.91. The molecule has 0 aromatic heterocycles. The van der Waals surface area contributed by atoms with Crippen LogP contribution in [-0.4, -0.2) is 0 Å². The first-order valence-corrected chi connectivity index (χ1v) is 18.0. The Labute approximate surface area is 303 Å². The summed E-state index contributed by atoms with van der Waals surface area (Å²) in [5.74, 6) is 0.594. The van der Waals surface area contributed by atoms with Crippen molar-refractivity contribution >= 4 is 45.8 Å². The van der Waals surface area contributed by atoms with Gasteiger partial charge in [-0.25, -0.2) is 0 Å². The van der Waals surface area contributed by atoms with E-state index in [1.807, 2.05) is 0 Å². The van der Waals surface area contributed by atoms with Crippen LogP contribution in [0.2, 0.25) is 0 Å². The summed E-state index contributed by atoms with van der Waals surface area (Å²) in [7, 11) is 0. The summed E-state index contributed by atoms with van der Waals surface area (Å²) >= 11 is 0. The second kappa shape index (κ2) is 16.1. The molecule has 51 heavy (non-hydrogen) atoms. The van der Waals surface area contributed by atoms with E-state index in [-0.39, 0.29) is 0 Å². The number of hydrogen-bond acceptors (Lipinski definition) is 2. The molecule has 0 fully saturated rings. The van der Waals surface area contributed by atoms with Crippen molar-refractivity contribution in [2.24, 2.45) is 0 Å². The van der Waals surface area contributed by atoms with Gasteiger partial charge in [-0.15, -0.1) is 0 Å². The van der Waals surface area contributed by atoms with Gasteiger partial charge < -0.3 is 9.80 Å². The van der Waals surface area contributed by atoms with E-state index in [0.29, 0.717) is 5.92 Å². The maximum Gasteiger partial charge on any atom is 0.0462 e. The topological polar surface area (TPSA) is 6.48 Å². The Kier molecular flexibility index (Phi) is 10.5. The predicted octanol–water partition coefficient (Wildman–Crippen LogP) is 14.1. The SMILES string of the molecule is CCC(CC)c1ccc(C=C(c2ccc(N(c3ccccc3)c3ccccc3)cc2)c2ccc(N(c3ccccc3)c3ccccc3)cc2)cc1. The molecular weight excluding hydrogens is 617 g/mol. The maximum absolute atomic E-state index is 2.33. The molecule has 0 heterocycles. The molecule has 0 unspecified atom stereocenters. The fourth-order valence-corrected chi connectivity index (χ4v) is 6.91. The zero-order valence-electron chi connectivity index (χ0n) is 29.4. The molecule has 0 saturated carbocycles. The van der Waals surface area contributed by atoms with Gasteiger partial charge >= 0.3 is 0 Å². The number of hydrogen-bond donors (Lipinski definition) is 0. The summed E-state index contributed by atoms with van der Waals surface area (Å²) in [6.07, 6.45) is 4.64. The van der Waals surface area contributed by atoms with Gasteiger partial charge in [-0.2, -0.15) is 0 Å². The average molecular weight is 661 g/mol. The minimum absolute atomic E-state index is 0.594. The monoisotopic (exact) mass is 660 g/mol. The lowest BCUT2D eigenvalue weighted by Crippen LogP contribution is -2.10. The predicted molar refractivity (Wildman–Crippen MR) is 219 cm³/mol. The summed E-state index contributed by atoms with van der Waals surface area (Å²) in [5.41, 5.74) is 12.9. The van der Waals surface area contributed by atoms with Crippen LogP contribution in [0.4, 0.5) is 34.1 Å². The van der Waals surface area contributed by atoms with Crippen LogP contribution < -0.4 is 9.80 Å². The summed E-state index contributed by atoms with van der Waals surface area (Å²) in [6, 6.07) is 69.4. The number of para-hydroxylation sites is 4. The third-order valence-corrected chi connectivity index (χ3v) is 9.64. The molecule has 0 N–H and O–H groups in total. The van der Waals surface area contributed by atoms with Gasteiger partial charge in [0.05, 0.1) is 0 Å². The van der Waals surface area contributed by atoms with Crippen LogP contribution >= 0.6 is 0 Å². The van der Waals surface area contributed by atoms with Crippen molar-refractivity contribution in [1.29, 1.82) is 0 Å². The highest BCUT2D eigenvalue weighted by atomic mass is 15.1. The molecule has 0 radical (unpaired) electrons. The maximum atomic E-state index is 2.33. The third kappa shape index (κ3) is 7.71. The molecule has 250 valence electrons. The lowest BCUT2D eigenvalue weighted by atomic mass is 9.92. The zero-order chi connectivity index (χ0) is 34.8. The number of anilines is 6. The molecule has 7 aromatic carbocycles. The van der Waals surface area contributed by atoms with Gasteiger partial charge in [-0.05, 0) is 125 Å². The van der Waals surface area contributed by atoms with E-state index in [4.69, 9.17) is 0 Å². The Bertz CT molecular complexity index is 1910. The quantitative estimate of drug-likeness (QED) is 0.120. The van der Waals surface area contributed by atoms with Crippen molar-refractivity contribution in [2.75, 3.05) is 9.80 Å². The molecule has 0 atom stereocenters. The Morgan fingerprint density at radius 3 is 1.02 bits per heavy atom. The number of benzene rings is 7. The van der Waals surface area contributed by atoms with Crippen LogP contribution in [0.3, 0.4) is 0 Å². The standard InChI is InChI=1S/C49H44N2/c1-3-39(4-2)40-27-25-38(26-28-40)37-49(41-29-33-47(34-30-41)50(43-17-9-5-10-18-43)44-19-11-6-12-20-44)42-31-35-48(36-32-42)51(45-21-13-7-14-22-45)46-23-15-8-16-24-46/h5-37,39H,3-4H2,1-2H3. The summed E-state index contributed by atoms with van der Waals surface area (Å²) in [6.45, 7) is 4.56. The van der Waals surface area contributed by atoms with Crippen LogP contribution in [0, 0.1) is 0 Å². The smallest absolute Gasteiger partial charge is 0.0462 e. The highest BCUT2D eigenvalue weighted by Gasteiger charge is 2.16. The van der Waals surface area contributed by atoms with Crippen LogP contribution in [0.15, 0.2) is 194 Å². The summed E-state index contributed by atoms with van der Waals surface area (Å²) in [4.78, 5) is 4.61. The van der Waals surface area contributed by atoms with Crippen LogP contribution in [0.1, 0.15) is 54.9 Å². The fraction of sp³-hybridized carbons (Fsp3) is 0.102. The van der Waals surface area contributed by atoms with Crippen molar-refractivity contribution in [1.82, 2.24) is 0 Å². The van der Waals surface area contributed by atoms with Crippen LogP contribution in [-0.2, 0) is 0 Å². The lowest BCUT2D eigenvalue weighted by Gasteiger charge is -2.26. The molecule has 0 aliphatic heterocycles. The summed E-state index contributed by atoms with van der Waals surface area (Å²) < 4.78 is 0. The van der Waals surface area contributed by atoms with Crippen molar-refractivity contribution in [3.8, 4) is 0 Å². The highest BCUT2D eigenvalue weighted by Crippen LogP contribution is 2.38. The zero-order valence-corrected chi connectivity index (χ0v) is 29.4. The van der Waals surface area contributed by atoms with E-state index < -0.39 is 0 Å². The number of nitrogens with zero attached hydrogens (tertiary/aromatic N) is 2. The molecule has 7 aromatic rings. The minimum atomic E-state index is 0.594. The second-order valence-electron chi connectivity index (χ2n) is 12.8. The Morgan fingerprint density at radius 2 is 0.706 bits per heavy atom. The van der Waals surface area contributed by atoms with E-state index >= 15 is 0 Å². The van der Waals surface area contributed by atoms with Crippen LogP contribution in [0.5, 0.6) is 0 Å². The van der Waals surface area contributed by atoms with E-state index in [0.717, 1.165) is 47.0 Å². The molecule has 0 aliphatic carbocycles. The molecule has 0 saturated heterocycles. The third-order valence-electron chi connectivity index (χ3n) is 9.64. The normalized spacial score (nSPS) is 10.9. The lowest BCUT2D eigenvalue weighted by molar-refractivity contribution is 0.642. The molecule has 2 heteroatoms. The van der Waals surface area contributed by atoms with E-state index in [9.17, 15) is 0 Å². The first-order chi connectivity index (χ1) is 25.2. The largest absolute Gasteiger partial charge is 0.311 e. The highest BCUT2D eigenvalue weighted by molar-refractivity contribution is 5.93. The van der Waals surface area contributed by atoms with Crippen LogP contribution in [0.25, 0.3) is 11.6 Å². The average Bonchev–Trinajstić information content (AvgIpc) is 3.21. The van der Waals surface area contributed by atoms with Gasteiger partial charge in [0, 0.05) is 34.1 Å². The molecule has 0 bridgehead atoms. The molecule has 0 spiro atoms. The van der Waals surface area contributed by atoms with Crippen molar-refractivity contribution < 1.29 is 0 Å². The van der Waals surface area contributed by atoms with Crippen molar-refractivity contribution in [3.63, 3.8) is 0 Å². The van der Waals surface area contributed by atoms with Gasteiger partial charge in [0.15, 0.2) is 0 Å². The molecule has 0 amide bonds. The first kappa shape index (κ1) is 33.4. The Hall–Kier alpha value is -6.12. The minimum Gasteiger partial charge on any atom is -0.311 e. The molecular formula is C49H44N2. The van der Waals surface area contributed by atoms with Gasteiger partial charge in [0.25, 0.3) is 0 Å². The first-order valence-electron chi connectivity index (χ1n) is 18.0. The van der Waals surface area contributed by atoms with E-state index in [2.05, 4.69) is 224 Å². The van der Waals surface area contributed by atoms with E-state index in [1.54, 1.807) is 0 Å². The van der Waals surface area contributed by atoms with Gasteiger partial charge in [0.2, 0.25) is 0 Å². The second-order valence-corrected chi connectivity index (χ2v) is 12.8. The van der Waals surface area contributed by atoms with Gasteiger partial charge in [-0.1, -0.05) is 135 Å². The van der Waals surface area contributed by atoms with Gasteiger partial charge in [-0.3, -0.25) is 0 Å². The van der Waals surface area contributed by atoms with E-state index in [1.165, 1.54) is 27.8 Å². The van der Waals surface area contributed by atoms with Crippen molar-refractivity contribution in [2.45, 2.75) is 32.6 Å². The Balaban J connectivity index is 1.29.